The Morgan fingerprint density at radius 3 is 3.00 bits per heavy atom. The van der Waals surface area contributed by atoms with Crippen LogP contribution in [0.1, 0.15) is 23.6 Å². The third-order valence-electron chi connectivity index (χ3n) is 3.42. The fourth-order valence-electron chi connectivity index (χ4n) is 2.54. The van der Waals surface area contributed by atoms with Crippen molar-refractivity contribution in [3.63, 3.8) is 0 Å². The standard InChI is InChI=1S/C13H17F3N2O/c1-17-11(7-19-8-13(14,15)16)10-5-4-9-3-2-6-18-12(9)10/h2-3,6,10-11,17H,4-5,7-8H2,1H3. The molecule has 2 unspecified atom stereocenters. The minimum Gasteiger partial charge on any atom is -0.370 e. The van der Waals surface area contributed by atoms with Crippen LogP contribution in [0.2, 0.25) is 0 Å². The number of aromatic nitrogens is 1. The Hall–Kier alpha value is -1.14. The molecule has 0 radical (unpaired) electrons. The molecule has 1 aliphatic carbocycles. The molecular weight excluding hydrogens is 257 g/mol. The van der Waals surface area contributed by atoms with Gasteiger partial charge >= 0.3 is 6.18 Å². The quantitative estimate of drug-likeness (QED) is 0.894. The summed E-state index contributed by atoms with van der Waals surface area (Å²) in [5.74, 6) is 0.120. The molecule has 1 aromatic rings. The number of hydrogen-bond acceptors (Lipinski definition) is 3. The van der Waals surface area contributed by atoms with Gasteiger partial charge in [0.2, 0.25) is 0 Å². The number of aryl methyl sites for hydroxylation is 1. The van der Waals surface area contributed by atoms with Crippen molar-refractivity contribution in [2.24, 2.45) is 0 Å². The minimum atomic E-state index is -4.27. The van der Waals surface area contributed by atoms with Crippen LogP contribution in [0.25, 0.3) is 0 Å². The first kappa shape index (κ1) is 14.3. The highest BCUT2D eigenvalue weighted by Crippen LogP contribution is 2.33. The van der Waals surface area contributed by atoms with E-state index in [1.165, 1.54) is 5.56 Å². The molecule has 0 spiro atoms. The van der Waals surface area contributed by atoms with Gasteiger partial charge in [0, 0.05) is 23.9 Å². The second-order valence-corrected chi connectivity index (χ2v) is 4.72. The highest BCUT2D eigenvalue weighted by atomic mass is 19.4. The first-order valence-electron chi connectivity index (χ1n) is 6.27. The van der Waals surface area contributed by atoms with Crippen LogP contribution in [0, 0.1) is 0 Å². The molecule has 19 heavy (non-hydrogen) atoms. The summed E-state index contributed by atoms with van der Waals surface area (Å²) in [6.45, 7) is -1.16. The molecule has 0 aliphatic heterocycles. The Kier molecular flexibility index (Phi) is 4.42. The summed E-state index contributed by atoms with van der Waals surface area (Å²) >= 11 is 0. The van der Waals surface area contributed by atoms with Crippen LogP contribution >= 0.6 is 0 Å². The van der Waals surface area contributed by atoms with Crippen LogP contribution < -0.4 is 5.32 Å². The number of rotatable bonds is 5. The Morgan fingerprint density at radius 1 is 1.53 bits per heavy atom. The van der Waals surface area contributed by atoms with E-state index < -0.39 is 12.8 Å². The maximum Gasteiger partial charge on any atom is 0.411 e. The van der Waals surface area contributed by atoms with Crippen LogP contribution in [0.5, 0.6) is 0 Å². The number of likely N-dealkylation sites (N-methyl/N-ethyl adjacent to an activating group) is 1. The molecule has 1 N–H and O–H groups in total. The summed E-state index contributed by atoms with van der Waals surface area (Å²) in [5.41, 5.74) is 2.17. The lowest BCUT2D eigenvalue weighted by molar-refractivity contribution is -0.175. The van der Waals surface area contributed by atoms with Gasteiger partial charge in [-0.25, -0.2) is 0 Å². The van der Waals surface area contributed by atoms with Gasteiger partial charge in [-0.3, -0.25) is 4.98 Å². The van der Waals surface area contributed by atoms with Crippen LogP contribution in [0.3, 0.4) is 0 Å². The monoisotopic (exact) mass is 274 g/mol. The summed E-state index contributed by atoms with van der Waals surface area (Å²) in [5, 5.41) is 3.04. The van der Waals surface area contributed by atoms with E-state index in [2.05, 4.69) is 10.3 Å². The van der Waals surface area contributed by atoms with E-state index in [0.717, 1.165) is 18.5 Å². The fourth-order valence-corrected chi connectivity index (χ4v) is 2.54. The zero-order chi connectivity index (χ0) is 13.9. The van der Waals surface area contributed by atoms with Crippen LogP contribution in [-0.4, -0.2) is 37.5 Å². The van der Waals surface area contributed by atoms with Gasteiger partial charge in [-0.15, -0.1) is 0 Å². The maximum absolute atomic E-state index is 12.1. The molecule has 0 saturated carbocycles. The molecule has 0 bridgehead atoms. The topological polar surface area (TPSA) is 34.1 Å². The van der Waals surface area contributed by atoms with Gasteiger partial charge in [0.05, 0.1) is 6.61 Å². The minimum absolute atomic E-state index is 0.0384. The van der Waals surface area contributed by atoms with Gasteiger partial charge in [-0.05, 0) is 31.5 Å². The average Bonchev–Trinajstić information content (AvgIpc) is 2.77. The van der Waals surface area contributed by atoms with Gasteiger partial charge < -0.3 is 10.1 Å². The maximum atomic E-state index is 12.1. The molecule has 0 saturated heterocycles. The zero-order valence-electron chi connectivity index (χ0n) is 10.7. The number of halogens is 3. The molecule has 1 aromatic heterocycles. The first-order chi connectivity index (χ1) is 9.01. The van der Waals surface area contributed by atoms with Gasteiger partial charge in [0.25, 0.3) is 0 Å². The molecule has 1 heterocycles. The van der Waals surface area contributed by atoms with E-state index in [4.69, 9.17) is 4.74 Å². The second-order valence-electron chi connectivity index (χ2n) is 4.72. The van der Waals surface area contributed by atoms with Crippen LogP contribution in [-0.2, 0) is 11.2 Å². The first-order valence-corrected chi connectivity index (χ1v) is 6.27. The van der Waals surface area contributed by atoms with Crippen molar-refractivity contribution in [2.75, 3.05) is 20.3 Å². The number of fused-ring (bicyclic) bond motifs is 1. The Balaban J connectivity index is 1.96. The Morgan fingerprint density at radius 2 is 2.32 bits per heavy atom. The lowest BCUT2D eigenvalue weighted by atomic mass is 9.97. The Labute approximate surface area is 110 Å². The van der Waals surface area contributed by atoms with Crippen molar-refractivity contribution in [2.45, 2.75) is 31.0 Å². The predicted octanol–water partition coefficient (Wildman–Crippen LogP) is 2.28. The van der Waals surface area contributed by atoms with Crippen LogP contribution in [0.4, 0.5) is 13.2 Å². The third-order valence-corrected chi connectivity index (χ3v) is 3.42. The van der Waals surface area contributed by atoms with E-state index in [9.17, 15) is 13.2 Å². The Bertz CT molecular complexity index is 423. The van der Waals surface area contributed by atoms with E-state index >= 15 is 0 Å². The molecule has 0 aromatic carbocycles. The summed E-state index contributed by atoms with van der Waals surface area (Å²) in [7, 11) is 1.74. The molecule has 0 amide bonds. The number of alkyl halides is 3. The van der Waals surface area contributed by atoms with E-state index in [1.54, 1.807) is 13.2 Å². The molecule has 6 heteroatoms. The lowest BCUT2D eigenvalue weighted by Gasteiger charge is -2.23. The number of nitrogens with zero attached hydrogens (tertiary/aromatic N) is 1. The van der Waals surface area contributed by atoms with Gasteiger partial charge in [-0.1, -0.05) is 6.07 Å². The molecule has 2 rings (SSSR count). The van der Waals surface area contributed by atoms with Crippen molar-refractivity contribution in [3.05, 3.63) is 29.6 Å². The van der Waals surface area contributed by atoms with E-state index in [-0.39, 0.29) is 18.6 Å². The fraction of sp³-hybridized carbons (Fsp3) is 0.615. The zero-order valence-corrected chi connectivity index (χ0v) is 10.7. The molecule has 0 fully saturated rings. The number of nitrogens with one attached hydrogen (secondary N) is 1. The highest BCUT2D eigenvalue weighted by molar-refractivity contribution is 5.29. The summed E-state index contributed by atoms with van der Waals surface area (Å²) in [4.78, 5) is 4.35. The van der Waals surface area contributed by atoms with Gasteiger partial charge in [0.1, 0.15) is 6.61 Å². The van der Waals surface area contributed by atoms with E-state index in [0.29, 0.717) is 0 Å². The third kappa shape index (κ3) is 3.67. The normalized spacial score (nSPS) is 20.3. The molecule has 106 valence electrons. The molecule has 1 aliphatic rings. The van der Waals surface area contributed by atoms with E-state index in [1.807, 2.05) is 12.1 Å². The molecule has 3 nitrogen and oxygen atoms in total. The predicted molar refractivity (Wildman–Crippen MR) is 65.0 cm³/mol. The second kappa shape index (κ2) is 5.88. The smallest absolute Gasteiger partial charge is 0.370 e. The van der Waals surface area contributed by atoms with Crippen molar-refractivity contribution < 1.29 is 17.9 Å². The van der Waals surface area contributed by atoms with Crippen molar-refractivity contribution in [1.29, 1.82) is 0 Å². The largest absolute Gasteiger partial charge is 0.411 e. The number of ether oxygens (including phenoxy) is 1. The van der Waals surface area contributed by atoms with Crippen molar-refractivity contribution in [3.8, 4) is 0 Å². The number of hydrogen-bond donors (Lipinski definition) is 1. The SMILES string of the molecule is CNC(COCC(F)(F)F)C1CCc2cccnc21. The van der Waals surface area contributed by atoms with Crippen molar-refractivity contribution >= 4 is 0 Å². The molecular formula is C13H17F3N2O. The summed E-state index contributed by atoms with van der Waals surface area (Å²) < 4.78 is 41.0. The summed E-state index contributed by atoms with van der Waals surface area (Å²) in [6.07, 6.45) is -0.733. The summed E-state index contributed by atoms with van der Waals surface area (Å²) in [6, 6.07) is 3.76. The van der Waals surface area contributed by atoms with Gasteiger partial charge in [-0.2, -0.15) is 13.2 Å². The number of pyridine rings is 1. The van der Waals surface area contributed by atoms with Gasteiger partial charge in [0.15, 0.2) is 0 Å². The highest BCUT2D eigenvalue weighted by Gasteiger charge is 2.32. The average molecular weight is 274 g/mol. The van der Waals surface area contributed by atoms with Crippen LogP contribution in [0.15, 0.2) is 18.3 Å². The lowest BCUT2D eigenvalue weighted by Crippen LogP contribution is -2.37. The molecule has 2 atom stereocenters. The van der Waals surface area contributed by atoms with Crippen molar-refractivity contribution in [1.82, 2.24) is 10.3 Å².